The van der Waals surface area contributed by atoms with Crippen LogP contribution in [0.3, 0.4) is 0 Å². The largest absolute Gasteiger partial charge is 0.378 e. The first kappa shape index (κ1) is 21.0. The number of sulfone groups is 1. The number of nitro benzene ring substituents is 1. The summed E-state index contributed by atoms with van der Waals surface area (Å²) in [5.41, 5.74) is -0.0599. The third-order valence-electron chi connectivity index (χ3n) is 3.66. The molecule has 28 heavy (non-hydrogen) atoms. The van der Waals surface area contributed by atoms with Gasteiger partial charge < -0.3 is 15.5 Å². The first-order valence-electron chi connectivity index (χ1n) is 8.11. The molecule has 0 atom stereocenters. The number of carbonyl (C=O) groups excluding carboxylic acids is 1. The fourth-order valence-corrected chi connectivity index (χ4v) is 2.83. The molecule has 0 aliphatic carbocycles. The predicted octanol–water partition coefficient (Wildman–Crippen LogP) is 0.696. The summed E-state index contributed by atoms with van der Waals surface area (Å²) in [5.74, 6) is 0.185. The van der Waals surface area contributed by atoms with Crippen LogP contribution in [0.15, 0.2) is 35.2 Å². The average Bonchev–Trinajstić information content (AvgIpc) is 2.64. The molecule has 12 heteroatoms. The van der Waals surface area contributed by atoms with E-state index < -0.39 is 20.7 Å². The molecular formula is C16H20N6O5S. The van der Waals surface area contributed by atoms with E-state index in [4.69, 9.17) is 0 Å². The summed E-state index contributed by atoms with van der Waals surface area (Å²) in [7, 11) is 0.0490. The number of benzene rings is 1. The number of nitro groups is 1. The molecule has 1 aromatic heterocycles. The summed E-state index contributed by atoms with van der Waals surface area (Å²) in [6.07, 6.45) is 0.975. The monoisotopic (exact) mass is 408 g/mol. The maximum Gasteiger partial charge on any atom is 0.293 e. The van der Waals surface area contributed by atoms with Crippen molar-refractivity contribution in [3.8, 4) is 0 Å². The highest BCUT2D eigenvalue weighted by Crippen LogP contribution is 2.27. The Morgan fingerprint density at radius 1 is 1.18 bits per heavy atom. The van der Waals surface area contributed by atoms with Gasteiger partial charge in [0.15, 0.2) is 21.3 Å². The molecule has 0 saturated carbocycles. The maximum absolute atomic E-state index is 12.0. The van der Waals surface area contributed by atoms with Crippen molar-refractivity contribution in [1.29, 1.82) is 0 Å². The normalized spacial score (nSPS) is 11.0. The standard InChI is InChI=1S/C16H20N6O5S/c1-21(2)15-7-6-13(19-20-15)16(23)18-9-8-17-12-5-4-11(28(3,26)27)10-14(12)22(24)25/h4-7,10,17H,8-9H2,1-3H3,(H,18,23). The van der Waals surface area contributed by atoms with Crippen LogP contribution in [-0.4, -0.2) is 62.9 Å². The van der Waals surface area contributed by atoms with Crippen molar-refractivity contribution >= 4 is 32.9 Å². The van der Waals surface area contributed by atoms with E-state index in [1.807, 2.05) is 0 Å². The van der Waals surface area contributed by atoms with Crippen molar-refractivity contribution in [2.45, 2.75) is 4.90 Å². The van der Waals surface area contributed by atoms with Crippen LogP contribution < -0.4 is 15.5 Å². The maximum atomic E-state index is 12.0. The van der Waals surface area contributed by atoms with E-state index in [1.54, 1.807) is 31.1 Å². The van der Waals surface area contributed by atoms with Gasteiger partial charge in [-0.1, -0.05) is 0 Å². The zero-order valence-corrected chi connectivity index (χ0v) is 16.4. The smallest absolute Gasteiger partial charge is 0.293 e. The number of hydrogen-bond acceptors (Lipinski definition) is 9. The lowest BCUT2D eigenvalue weighted by Crippen LogP contribution is -2.29. The van der Waals surface area contributed by atoms with E-state index in [0.29, 0.717) is 5.82 Å². The Balaban J connectivity index is 1.96. The van der Waals surface area contributed by atoms with Crippen LogP contribution in [0.1, 0.15) is 10.5 Å². The van der Waals surface area contributed by atoms with Crippen molar-refractivity contribution in [3.63, 3.8) is 0 Å². The van der Waals surface area contributed by atoms with Gasteiger partial charge in [-0.05, 0) is 24.3 Å². The molecule has 0 spiro atoms. The van der Waals surface area contributed by atoms with Gasteiger partial charge in [-0.3, -0.25) is 14.9 Å². The second-order valence-corrected chi connectivity index (χ2v) is 8.08. The number of nitrogens with zero attached hydrogens (tertiary/aromatic N) is 4. The summed E-state index contributed by atoms with van der Waals surface area (Å²) < 4.78 is 23.1. The van der Waals surface area contributed by atoms with E-state index in [2.05, 4.69) is 20.8 Å². The molecule has 2 N–H and O–H groups in total. The second kappa shape index (κ2) is 8.61. The van der Waals surface area contributed by atoms with Crippen LogP contribution in [0, 0.1) is 10.1 Å². The van der Waals surface area contributed by atoms with Gasteiger partial charge in [0.25, 0.3) is 11.6 Å². The van der Waals surface area contributed by atoms with Gasteiger partial charge in [-0.15, -0.1) is 10.2 Å². The summed E-state index contributed by atoms with van der Waals surface area (Å²) in [5, 5.41) is 24.4. The van der Waals surface area contributed by atoms with Crippen molar-refractivity contribution in [2.24, 2.45) is 0 Å². The lowest BCUT2D eigenvalue weighted by Gasteiger charge is -2.11. The molecule has 2 rings (SSSR count). The van der Waals surface area contributed by atoms with E-state index in [-0.39, 0.29) is 35.1 Å². The van der Waals surface area contributed by atoms with Crippen molar-refractivity contribution in [2.75, 3.05) is 43.7 Å². The minimum atomic E-state index is -3.56. The fourth-order valence-electron chi connectivity index (χ4n) is 2.19. The second-order valence-electron chi connectivity index (χ2n) is 6.06. The summed E-state index contributed by atoms with van der Waals surface area (Å²) in [6, 6.07) is 6.80. The average molecular weight is 408 g/mol. The predicted molar refractivity (Wildman–Crippen MR) is 103 cm³/mol. The number of hydrogen-bond donors (Lipinski definition) is 2. The third-order valence-corrected chi connectivity index (χ3v) is 4.77. The molecule has 0 aliphatic rings. The number of anilines is 2. The SMILES string of the molecule is CN(C)c1ccc(C(=O)NCCNc2ccc(S(C)(=O)=O)cc2[N+](=O)[O-])nn1. The van der Waals surface area contributed by atoms with Gasteiger partial charge in [0.1, 0.15) is 5.69 Å². The molecule has 1 amide bonds. The lowest BCUT2D eigenvalue weighted by molar-refractivity contribution is -0.384. The van der Waals surface area contributed by atoms with Crippen molar-refractivity contribution < 1.29 is 18.1 Å². The Morgan fingerprint density at radius 3 is 2.43 bits per heavy atom. The van der Waals surface area contributed by atoms with Gasteiger partial charge in [0, 0.05) is 39.5 Å². The minimum Gasteiger partial charge on any atom is -0.378 e. The topological polar surface area (TPSA) is 147 Å². The number of nitrogens with one attached hydrogen (secondary N) is 2. The molecule has 0 aliphatic heterocycles. The molecule has 0 saturated heterocycles. The van der Waals surface area contributed by atoms with E-state index in [0.717, 1.165) is 12.3 Å². The number of aromatic nitrogens is 2. The van der Waals surface area contributed by atoms with Gasteiger partial charge in [0.2, 0.25) is 0 Å². The van der Waals surface area contributed by atoms with Crippen LogP contribution in [0.2, 0.25) is 0 Å². The summed E-state index contributed by atoms with van der Waals surface area (Å²) in [6.45, 7) is 0.356. The highest BCUT2D eigenvalue weighted by molar-refractivity contribution is 7.90. The molecule has 11 nitrogen and oxygen atoms in total. The first-order chi connectivity index (χ1) is 13.1. The van der Waals surface area contributed by atoms with Crippen LogP contribution in [0.4, 0.5) is 17.2 Å². The molecule has 0 unspecified atom stereocenters. The number of rotatable bonds is 8. The summed E-state index contributed by atoms with van der Waals surface area (Å²) in [4.78, 5) is 24.2. The Morgan fingerprint density at radius 2 is 1.89 bits per heavy atom. The molecule has 0 radical (unpaired) electrons. The van der Waals surface area contributed by atoms with Crippen LogP contribution in [0.5, 0.6) is 0 Å². The number of amides is 1. The van der Waals surface area contributed by atoms with Gasteiger partial charge in [0.05, 0.1) is 9.82 Å². The van der Waals surface area contributed by atoms with E-state index in [9.17, 15) is 23.3 Å². The highest BCUT2D eigenvalue weighted by atomic mass is 32.2. The van der Waals surface area contributed by atoms with E-state index >= 15 is 0 Å². The Kier molecular flexibility index (Phi) is 6.46. The Bertz CT molecular complexity index is 976. The Hall–Kier alpha value is -3.28. The van der Waals surface area contributed by atoms with Crippen LogP contribution in [-0.2, 0) is 9.84 Å². The zero-order valence-electron chi connectivity index (χ0n) is 15.5. The number of carbonyl (C=O) groups is 1. The first-order valence-corrected chi connectivity index (χ1v) is 10.0. The fraction of sp³-hybridized carbons (Fsp3) is 0.312. The lowest BCUT2D eigenvalue weighted by atomic mass is 10.2. The van der Waals surface area contributed by atoms with Crippen molar-refractivity contribution in [3.05, 3.63) is 46.1 Å². The van der Waals surface area contributed by atoms with Crippen molar-refractivity contribution in [1.82, 2.24) is 15.5 Å². The Labute approximate surface area is 161 Å². The molecule has 0 bridgehead atoms. The molecule has 1 aromatic carbocycles. The molecule has 2 aromatic rings. The third kappa shape index (κ3) is 5.36. The molecule has 150 valence electrons. The van der Waals surface area contributed by atoms with Gasteiger partial charge in [-0.2, -0.15) is 0 Å². The van der Waals surface area contributed by atoms with E-state index in [1.165, 1.54) is 12.1 Å². The molecular weight excluding hydrogens is 388 g/mol. The quantitative estimate of drug-likeness (QED) is 0.366. The van der Waals surface area contributed by atoms with Gasteiger partial charge in [-0.25, -0.2) is 8.42 Å². The minimum absolute atomic E-state index is 0.141. The van der Waals surface area contributed by atoms with Crippen LogP contribution in [0.25, 0.3) is 0 Å². The van der Waals surface area contributed by atoms with Gasteiger partial charge >= 0.3 is 0 Å². The zero-order chi connectivity index (χ0) is 20.9. The molecule has 1 heterocycles. The summed E-state index contributed by atoms with van der Waals surface area (Å²) >= 11 is 0. The molecule has 0 fully saturated rings. The van der Waals surface area contributed by atoms with Crippen LogP contribution >= 0.6 is 0 Å². The highest BCUT2D eigenvalue weighted by Gasteiger charge is 2.18.